The maximum absolute atomic E-state index is 5.66. The molecule has 2 aromatic carbocycles. The molecule has 0 atom stereocenters. The van der Waals surface area contributed by atoms with E-state index in [1.165, 1.54) is 4.70 Å². The molecule has 0 fully saturated rings. The van der Waals surface area contributed by atoms with Crippen molar-refractivity contribution in [2.24, 2.45) is 0 Å². The van der Waals surface area contributed by atoms with Crippen molar-refractivity contribution in [3.05, 3.63) is 53.0 Å². The number of benzene rings is 2. The number of aromatic nitrogens is 1. The fourth-order valence-electron chi connectivity index (χ4n) is 1.95. The van der Waals surface area contributed by atoms with Crippen LogP contribution in [0.25, 0.3) is 10.2 Å². The molecule has 0 bridgehead atoms. The van der Waals surface area contributed by atoms with Gasteiger partial charge in [-0.05, 0) is 36.8 Å². The first-order chi connectivity index (χ1) is 10.3. The van der Waals surface area contributed by atoms with Crippen LogP contribution in [0.1, 0.15) is 6.42 Å². The number of nitrogens with one attached hydrogen (secondary N) is 1. The fraction of sp³-hybridized carbons (Fsp3) is 0.188. The second-order valence-corrected chi connectivity index (χ2v) is 6.52. The van der Waals surface area contributed by atoms with Gasteiger partial charge >= 0.3 is 0 Å². The highest BCUT2D eigenvalue weighted by Crippen LogP contribution is 2.28. The zero-order chi connectivity index (χ0) is 14.5. The topological polar surface area (TPSA) is 34.1 Å². The third-order valence-electron chi connectivity index (χ3n) is 2.96. The zero-order valence-corrected chi connectivity index (χ0v) is 13.8. The Balaban J connectivity index is 1.46. The Hall–Kier alpha value is -1.59. The van der Waals surface area contributed by atoms with Gasteiger partial charge in [0.2, 0.25) is 0 Å². The number of nitrogens with zero attached hydrogens (tertiary/aromatic N) is 1. The Kier molecular flexibility index (Phi) is 4.72. The van der Waals surface area contributed by atoms with Gasteiger partial charge in [-0.25, -0.2) is 4.98 Å². The lowest BCUT2D eigenvalue weighted by molar-refractivity contribution is 0.315. The minimum atomic E-state index is 0.702. The summed E-state index contributed by atoms with van der Waals surface area (Å²) in [5.41, 5.74) is 1.03. The average molecular weight is 363 g/mol. The molecule has 1 heterocycles. The van der Waals surface area contributed by atoms with Crippen molar-refractivity contribution in [1.29, 1.82) is 0 Å². The van der Waals surface area contributed by atoms with Crippen LogP contribution in [0, 0.1) is 0 Å². The summed E-state index contributed by atoms with van der Waals surface area (Å²) in [7, 11) is 0. The molecule has 5 heteroatoms. The maximum Gasteiger partial charge on any atom is 0.183 e. The molecule has 0 radical (unpaired) electrons. The van der Waals surface area contributed by atoms with Crippen molar-refractivity contribution < 1.29 is 4.74 Å². The van der Waals surface area contributed by atoms with E-state index in [2.05, 4.69) is 32.3 Å². The first-order valence-electron chi connectivity index (χ1n) is 6.79. The Labute approximate surface area is 136 Å². The van der Waals surface area contributed by atoms with Crippen LogP contribution in [-0.4, -0.2) is 18.1 Å². The first kappa shape index (κ1) is 14.4. The highest BCUT2D eigenvalue weighted by Gasteiger charge is 2.03. The molecule has 0 spiro atoms. The molecule has 0 aliphatic carbocycles. The minimum Gasteiger partial charge on any atom is -0.494 e. The lowest BCUT2D eigenvalue weighted by Crippen LogP contribution is -2.06. The highest BCUT2D eigenvalue weighted by molar-refractivity contribution is 9.10. The summed E-state index contributed by atoms with van der Waals surface area (Å²) >= 11 is 5.14. The van der Waals surface area contributed by atoms with Gasteiger partial charge in [-0.2, -0.15) is 0 Å². The molecule has 3 nitrogen and oxygen atoms in total. The Bertz CT molecular complexity index is 715. The molecule has 0 amide bonds. The van der Waals surface area contributed by atoms with Crippen LogP contribution < -0.4 is 10.1 Å². The molecule has 0 unspecified atom stereocenters. The second kappa shape index (κ2) is 6.91. The van der Waals surface area contributed by atoms with Crippen LogP contribution in [0.15, 0.2) is 53.0 Å². The second-order valence-electron chi connectivity index (χ2n) is 4.57. The standard InChI is InChI=1S/C16H15BrN2OS/c17-12-7-8-15-14(11-12)19-16(21-15)18-9-4-10-20-13-5-2-1-3-6-13/h1-3,5-8,11H,4,9-10H2,(H,18,19). The van der Waals surface area contributed by atoms with Gasteiger partial charge in [0.1, 0.15) is 5.75 Å². The van der Waals surface area contributed by atoms with E-state index in [1.807, 2.05) is 42.5 Å². The Morgan fingerprint density at radius 2 is 2.00 bits per heavy atom. The number of rotatable bonds is 6. The number of thiazole rings is 1. The highest BCUT2D eigenvalue weighted by atomic mass is 79.9. The third-order valence-corrected chi connectivity index (χ3v) is 4.45. The van der Waals surface area contributed by atoms with E-state index < -0.39 is 0 Å². The molecule has 1 N–H and O–H groups in total. The van der Waals surface area contributed by atoms with Crippen LogP contribution in [-0.2, 0) is 0 Å². The van der Waals surface area contributed by atoms with Crippen molar-refractivity contribution >= 4 is 42.6 Å². The van der Waals surface area contributed by atoms with E-state index in [4.69, 9.17) is 4.74 Å². The van der Waals surface area contributed by atoms with Gasteiger partial charge in [-0.3, -0.25) is 0 Å². The van der Waals surface area contributed by atoms with E-state index in [-0.39, 0.29) is 0 Å². The molecule has 3 rings (SSSR count). The maximum atomic E-state index is 5.66. The quantitative estimate of drug-likeness (QED) is 0.630. The number of hydrogen-bond acceptors (Lipinski definition) is 4. The Morgan fingerprint density at radius 3 is 2.86 bits per heavy atom. The number of anilines is 1. The number of ether oxygens (including phenoxy) is 1. The average Bonchev–Trinajstić information content (AvgIpc) is 2.90. The van der Waals surface area contributed by atoms with Crippen LogP contribution in [0.2, 0.25) is 0 Å². The van der Waals surface area contributed by atoms with E-state index in [9.17, 15) is 0 Å². The minimum absolute atomic E-state index is 0.702. The summed E-state index contributed by atoms with van der Waals surface area (Å²) in [6.07, 6.45) is 0.939. The molecule has 0 saturated carbocycles. The summed E-state index contributed by atoms with van der Waals surface area (Å²) in [6.45, 7) is 1.56. The van der Waals surface area contributed by atoms with Gasteiger partial charge in [0.25, 0.3) is 0 Å². The number of halogens is 1. The lowest BCUT2D eigenvalue weighted by atomic mass is 10.3. The molecule has 0 saturated heterocycles. The van der Waals surface area contributed by atoms with Gasteiger partial charge in [-0.15, -0.1) is 0 Å². The largest absolute Gasteiger partial charge is 0.494 e. The van der Waals surface area contributed by atoms with Gasteiger partial charge in [0.15, 0.2) is 5.13 Å². The van der Waals surface area contributed by atoms with Crippen LogP contribution in [0.4, 0.5) is 5.13 Å². The van der Waals surface area contributed by atoms with Gasteiger partial charge < -0.3 is 10.1 Å². The summed E-state index contributed by atoms with van der Waals surface area (Å²) in [6, 6.07) is 16.0. The molecule has 3 aromatic rings. The molecule has 108 valence electrons. The van der Waals surface area contributed by atoms with Crippen LogP contribution in [0.3, 0.4) is 0 Å². The first-order valence-corrected chi connectivity index (χ1v) is 8.40. The van der Waals surface area contributed by atoms with Crippen molar-refractivity contribution in [3.63, 3.8) is 0 Å². The molecule has 0 aliphatic heterocycles. The summed E-state index contributed by atoms with van der Waals surface area (Å²) in [5.74, 6) is 0.919. The van der Waals surface area contributed by atoms with Crippen molar-refractivity contribution in [2.45, 2.75) is 6.42 Å². The van der Waals surface area contributed by atoms with Crippen LogP contribution in [0.5, 0.6) is 5.75 Å². The molecule has 1 aromatic heterocycles. The van der Waals surface area contributed by atoms with Gasteiger partial charge in [0, 0.05) is 11.0 Å². The normalized spacial score (nSPS) is 10.7. The number of para-hydroxylation sites is 1. The number of hydrogen-bond donors (Lipinski definition) is 1. The molecular formula is C16H15BrN2OS. The van der Waals surface area contributed by atoms with E-state index in [1.54, 1.807) is 11.3 Å². The van der Waals surface area contributed by atoms with Crippen molar-refractivity contribution in [2.75, 3.05) is 18.5 Å². The van der Waals surface area contributed by atoms with Gasteiger partial charge in [-0.1, -0.05) is 45.5 Å². The molecule has 0 aliphatic rings. The Morgan fingerprint density at radius 1 is 1.14 bits per heavy atom. The van der Waals surface area contributed by atoms with Crippen molar-refractivity contribution in [3.8, 4) is 5.75 Å². The number of fused-ring (bicyclic) bond motifs is 1. The van der Waals surface area contributed by atoms with E-state index in [0.717, 1.165) is 33.8 Å². The summed E-state index contributed by atoms with van der Waals surface area (Å²) < 4.78 is 7.91. The SMILES string of the molecule is Brc1ccc2sc(NCCCOc3ccccc3)nc2c1. The van der Waals surface area contributed by atoms with Crippen molar-refractivity contribution in [1.82, 2.24) is 4.98 Å². The smallest absolute Gasteiger partial charge is 0.183 e. The fourth-order valence-corrected chi connectivity index (χ4v) is 3.17. The van der Waals surface area contributed by atoms with E-state index in [0.29, 0.717) is 6.61 Å². The molecule has 21 heavy (non-hydrogen) atoms. The molecular weight excluding hydrogens is 348 g/mol. The predicted molar refractivity (Wildman–Crippen MR) is 92.4 cm³/mol. The zero-order valence-electron chi connectivity index (χ0n) is 11.4. The summed E-state index contributed by atoms with van der Waals surface area (Å²) in [5, 5.41) is 4.31. The van der Waals surface area contributed by atoms with Gasteiger partial charge in [0.05, 0.1) is 16.8 Å². The van der Waals surface area contributed by atoms with Crippen LogP contribution >= 0.6 is 27.3 Å². The van der Waals surface area contributed by atoms with E-state index >= 15 is 0 Å². The predicted octanol–water partition coefficient (Wildman–Crippen LogP) is 4.94. The lowest BCUT2D eigenvalue weighted by Gasteiger charge is -2.06. The summed E-state index contributed by atoms with van der Waals surface area (Å²) in [4.78, 5) is 4.57. The third kappa shape index (κ3) is 3.95. The monoisotopic (exact) mass is 362 g/mol.